The van der Waals surface area contributed by atoms with Gasteiger partial charge >= 0.3 is 0 Å². The van der Waals surface area contributed by atoms with Gasteiger partial charge < -0.3 is 10.2 Å². The molecule has 0 aliphatic carbocycles. The molecule has 2 nitrogen and oxygen atoms in total. The third-order valence-corrected chi connectivity index (χ3v) is 4.12. The van der Waals surface area contributed by atoms with Gasteiger partial charge in [0.2, 0.25) is 0 Å². The number of nitrogens with zero attached hydrogens (tertiary/aromatic N) is 1. The summed E-state index contributed by atoms with van der Waals surface area (Å²) in [6.45, 7) is 4.90. The standard InChI is InChI=1S/C14H20N2.ClH/c1-2-5-13(6-3-1)16-10-8-14(12-16)7-4-9-15-11-14;/h1-3,5-6,15H,4,7-12H2;1H. The molecule has 1 unspecified atom stereocenters. The van der Waals surface area contributed by atoms with Crippen LogP contribution in [0.25, 0.3) is 0 Å². The molecule has 2 aliphatic rings. The van der Waals surface area contributed by atoms with Crippen LogP contribution >= 0.6 is 12.4 Å². The number of rotatable bonds is 1. The summed E-state index contributed by atoms with van der Waals surface area (Å²) < 4.78 is 0. The summed E-state index contributed by atoms with van der Waals surface area (Å²) in [5.41, 5.74) is 1.96. The van der Waals surface area contributed by atoms with Gasteiger partial charge in [0, 0.05) is 30.7 Å². The molecule has 1 atom stereocenters. The second kappa shape index (κ2) is 5.28. The zero-order valence-corrected chi connectivity index (χ0v) is 11.0. The zero-order chi connectivity index (χ0) is 10.8. The normalized spacial score (nSPS) is 28.1. The van der Waals surface area contributed by atoms with Gasteiger partial charge in [-0.25, -0.2) is 0 Å². The van der Waals surface area contributed by atoms with Crippen LogP contribution < -0.4 is 10.2 Å². The Morgan fingerprint density at radius 3 is 2.65 bits per heavy atom. The van der Waals surface area contributed by atoms with Crippen LogP contribution in [0.2, 0.25) is 0 Å². The molecule has 2 aliphatic heterocycles. The lowest BCUT2D eigenvalue weighted by atomic mass is 9.80. The molecule has 0 bridgehead atoms. The predicted octanol–water partition coefficient (Wildman–Crippen LogP) is 2.69. The third-order valence-electron chi connectivity index (χ3n) is 4.12. The number of hydrogen-bond donors (Lipinski definition) is 1. The largest absolute Gasteiger partial charge is 0.371 e. The fourth-order valence-electron chi connectivity index (χ4n) is 3.17. The van der Waals surface area contributed by atoms with Gasteiger partial charge in [-0.3, -0.25) is 0 Å². The van der Waals surface area contributed by atoms with Gasteiger partial charge in [-0.1, -0.05) is 18.2 Å². The van der Waals surface area contributed by atoms with E-state index in [1.807, 2.05) is 0 Å². The SMILES string of the molecule is Cl.c1ccc(N2CCC3(CCCNC3)C2)cc1. The van der Waals surface area contributed by atoms with Gasteiger partial charge in [0.15, 0.2) is 0 Å². The second-order valence-electron chi connectivity index (χ2n) is 5.29. The highest BCUT2D eigenvalue weighted by Crippen LogP contribution is 2.38. The van der Waals surface area contributed by atoms with Crippen molar-refractivity contribution in [2.75, 3.05) is 31.1 Å². The molecule has 1 N–H and O–H groups in total. The molecule has 94 valence electrons. The number of nitrogens with one attached hydrogen (secondary N) is 1. The first-order valence-corrected chi connectivity index (χ1v) is 6.39. The van der Waals surface area contributed by atoms with Gasteiger partial charge in [-0.2, -0.15) is 0 Å². The van der Waals surface area contributed by atoms with E-state index in [-0.39, 0.29) is 12.4 Å². The molecule has 0 saturated carbocycles. The zero-order valence-electron chi connectivity index (χ0n) is 10.2. The quantitative estimate of drug-likeness (QED) is 0.827. The van der Waals surface area contributed by atoms with Crippen LogP contribution in [-0.2, 0) is 0 Å². The smallest absolute Gasteiger partial charge is 0.0366 e. The fraction of sp³-hybridized carbons (Fsp3) is 0.571. The van der Waals surface area contributed by atoms with E-state index in [1.54, 1.807) is 0 Å². The number of hydrogen-bond acceptors (Lipinski definition) is 2. The van der Waals surface area contributed by atoms with Crippen LogP contribution in [-0.4, -0.2) is 26.2 Å². The molecule has 3 rings (SSSR count). The summed E-state index contributed by atoms with van der Waals surface area (Å²) in [6, 6.07) is 10.8. The minimum atomic E-state index is 0. The first kappa shape index (κ1) is 12.7. The van der Waals surface area contributed by atoms with Crippen LogP contribution in [0.5, 0.6) is 0 Å². The summed E-state index contributed by atoms with van der Waals surface area (Å²) >= 11 is 0. The average molecular weight is 253 g/mol. The van der Waals surface area contributed by atoms with Gasteiger partial charge in [-0.05, 0) is 37.9 Å². The van der Waals surface area contributed by atoms with E-state index in [9.17, 15) is 0 Å². The van der Waals surface area contributed by atoms with Crippen LogP contribution in [0.4, 0.5) is 5.69 Å². The minimum absolute atomic E-state index is 0. The van der Waals surface area contributed by atoms with Gasteiger partial charge in [-0.15, -0.1) is 12.4 Å². The van der Waals surface area contributed by atoms with Crippen molar-refractivity contribution in [2.24, 2.45) is 5.41 Å². The van der Waals surface area contributed by atoms with Gasteiger partial charge in [0.25, 0.3) is 0 Å². The Bertz CT molecular complexity index is 346. The molecule has 2 heterocycles. The fourth-order valence-corrected chi connectivity index (χ4v) is 3.17. The average Bonchev–Trinajstić information content (AvgIpc) is 2.75. The maximum absolute atomic E-state index is 3.56. The Morgan fingerprint density at radius 1 is 1.12 bits per heavy atom. The first-order valence-electron chi connectivity index (χ1n) is 6.39. The van der Waals surface area contributed by atoms with Crippen molar-refractivity contribution in [3.05, 3.63) is 30.3 Å². The van der Waals surface area contributed by atoms with Crippen molar-refractivity contribution in [2.45, 2.75) is 19.3 Å². The van der Waals surface area contributed by atoms with Gasteiger partial charge in [0.1, 0.15) is 0 Å². The van der Waals surface area contributed by atoms with Crippen LogP contribution in [0.1, 0.15) is 19.3 Å². The van der Waals surface area contributed by atoms with Crippen molar-refractivity contribution >= 4 is 18.1 Å². The highest BCUT2D eigenvalue weighted by Gasteiger charge is 2.38. The molecule has 17 heavy (non-hydrogen) atoms. The van der Waals surface area contributed by atoms with Crippen molar-refractivity contribution in [1.29, 1.82) is 0 Å². The highest BCUT2D eigenvalue weighted by molar-refractivity contribution is 5.85. The maximum atomic E-state index is 3.56. The molecule has 1 aromatic carbocycles. The third kappa shape index (κ3) is 2.58. The Kier molecular flexibility index (Phi) is 3.95. The summed E-state index contributed by atoms with van der Waals surface area (Å²) in [5, 5.41) is 3.56. The molecule has 0 aromatic heterocycles. The van der Waals surface area contributed by atoms with Crippen molar-refractivity contribution in [3.63, 3.8) is 0 Å². The van der Waals surface area contributed by atoms with E-state index < -0.39 is 0 Å². The molecule has 2 saturated heterocycles. The molecule has 1 spiro atoms. The predicted molar refractivity (Wildman–Crippen MR) is 75.1 cm³/mol. The number of halogens is 1. The summed E-state index contributed by atoms with van der Waals surface area (Å²) in [4.78, 5) is 2.55. The molecule has 1 aromatic rings. The first-order chi connectivity index (χ1) is 7.88. The second-order valence-corrected chi connectivity index (χ2v) is 5.29. The molecule has 0 amide bonds. The van der Waals surface area contributed by atoms with E-state index in [4.69, 9.17) is 0 Å². The summed E-state index contributed by atoms with van der Waals surface area (Å²) in [6.07, 6.45) is 4.11. The van der Waals surface area contributed by atoms with E-state index in [1.165, 1.54) is 51.1 Å². The van der Waals surface area contributed by atoms with Crippen molar-refractivity contribution in [1.82, 2.24) is 5.32 Å². The Morgan fingerprint density at radius 2 is 1.94 bits per heavy atom. The Balaban J connectivity index is 0.00000108. The van der Waals surface area contributed by atoms with Gasteiger partial charge in [0.05, 0.1) is 0 Å². The Hall–Kier alpha value is -0.730. The lowest BCUT2D eigenvalue weighted by molar-refractivity contribution is 0.239. The number of benzene rings is 1. The van der Waals surface area contributed by atoms with Crippen LogP contribution in [0, 0.1) is 5.41 Å². The summed E-state index contributed by atoms with van der Waals surface area (Å²) in [5.74, 6) is 0. The number of anilines is 1. The number of piperidine rings is 1. The van der Waals surface area contributed by atoms with Crippen LogP contribution in [0.3, 0.4) is 0 Å². The molecule has 0 radical (unpaired) electrons. The molecule has 2 fully saturated rings. The van der Waals surface area contributed by atoms with E-state index in [2.05, 4.69) is 40.5 Å². The monoisotopic (exact) mass is 252 g/mol. The van der Waals surface area contributed by atoms with E-state index in [0.717, 1.165) is 0 Å². The van der Waals surface area contributed by atoms with Crippen LogP contribution in [0.15, 0.2) is 30.3 Å². The number of para-hydroxylation sites is 1. The minimum Gasteiger partial charge on any atom is -0.371 e. The lowest BCUT2D eigenvalue weighted by Crippen LogP contribution is -2.41. The highest BCUT2D eigenvalue weighted by atomic mass is 35.5. The Labute approximate surface area is 110 Å². The molecular weight excluding hydrogens is 232 g/mol. The topological polar surface area (TPSA) is 15.3 Å². The summed E-state index contributed by atoms with van der Waals surface area (Å²) in [7, 11) is 0. The lowest BCUT2D eigenvalue weighted by Gasteiger charge is -2.34. The van der Waals surface area contributed by atoms with E-state index >= 15 is 0 Å². The molecule has 3 heteroatoms. The maximum Gasteiger partial charge on any atom is 0.0366 e. The van der Waals surface area contributed by atoms with Crippen molar-refractivity contribution in [3.8, 4) is 0 Å². The molecular formula is C14H21ClN2. The van der Waals surface area contributed by atoms with E-state index in [0.29, 0.717) is 5.41 Å². The van der Waals surface area contributed by atoms with Crippen molar-refractivity contribution < 1.29 is 0 Å².